The van der Waals surface area contributed by atoms with Crippen molar-refractivity contribution in [2.75, 3.05) is 13.1 Å². The quantitative estimate of drug-likeness (QED) is 0.736. The third-order valence-corrected chi connectivity index (χ3v) is 4.57. The number of para-hydroxylation sites is 2. The number of hydrogen-bond donors (Lipinski definition) is 0. The summed E-state index contributed by atoms with van der Waals surface area (Å²) < 4.78 is 7.22. The Morgan fingerprint density at radius 3 is 2.92 bits per heavy atom. The number of aromatic nitrogens is 4. The predicted molar refractivity (Wildman–Crippen MR) is 87.4 cm³/mol. The summed E-state index contributed by atoms with van der Waals surface area (Å²) in [4.78, 5) is 23.4. The van der Waals surface area contributed by atoms with Gasteiger partial charge in [0.2, 0.25) is 11.8 Å². The minimum absolute atomic E-state index is 0.0972. The number of amides is 1. The number of nitrogens with zero attached hydrogens (tertiary/aromatic N) is 5. The maximum atomic E-state index is 12.7. The first-order valence-corrected chi connectivity index (χ1v) is 8.11. The standard InChI is InChI=1S/C17H19N5O2/c1-11-18-17(24-20-11)13-7-8-21(9-13)16(23)10-22-12(2)19-14-5-3-4-6-15(14)22/h3-6,13H,7-10H2,1-2H3/t13-/m0/s1. The van der Waals surface area contributed by atoms with Crippen LogP contribution in [0.3, 0.4) is 0 Å². The topological polar surface area (TPSA) is 77.0 Å². The molecule has 1 aliphatic rings. The van der Waals surface area contributed by atoms with Crippen LogP contribution >= 0.6 is 0 Å². The van der Waals surface area contributed by atoms with E-state index in [9.17, 15) is 4.79 Å². The van der Waals surface area contributed by atoms with Gasteiger partial charge < -0.3 is 14.0 Å². The van der Waals surface area contributed by atoms with Crippen molar-refractivity contribution < 1.29 is 9.32 Å². The molecule has 124 valence electrons. The molecule has 3 heterocycles. The highest BCUT2D eigenvalue weighted by molar-refractivity contribution is 5.81. The second-order valence-corrected chi connectivity index (χ2v) is 6.24. The van der Waals surface area contributed by atoms with Gasteiger partial charge in [-0.2, -0.15) is 4.98 Å². The van der Waals surface area contributed by atoms with Crippen LogP contribution in [0.25, 0.3) is 11.0 Å². The first-order chi connectivity index (χ1) is 11.6. The molecular weight excluding hydrogens is 306 g/mol. The Hall–Kier alpha value is -2.70. The molecule has 0 bridgehead atoms. The molecule has 7 heteroatoms. The van der Waals surface area contributed by atoms with Crippen molar-refractivity contribution >= 4 is 16.9 Å². The first-order valence-electron chi connectivity index (χ1n) is 8.11. The Labute approximate surface area is 139 Å². The Kier molecular flexibility index (Phi) is 3.55. The molecule has 0 N–H and O–H groups in total. The van der Waals surface area contributed by atoms with Gasteiger partial charge in [0.15, 0.2) is 5.82 Å². The molecule has 1 atom stereocenters. The number of hydrogen-bond acceptors (Lipinski definition) is 5. The van der Waals surface area contributed by atoms with Crippen LogP contribution in [0.5, 0.6) is 0 Å². The molecule has 4 rings (SSSR count). The van der Waals surface area contributed by atoms with Crippen molar-refractivity contribution in [3.63, 3.8) is 0 Å². The summed E-state index contributed by atoms with van der Waals surface area (Å²) in [6, 6.07) is 7.89. The van der Waals surface area contributed by atoms with E-state index < -0.39 is 0 Å². The fourth-order valence-corrected chi connectivity index (χ4v) is 3.30. The Morgan fingerprint density at radius 2 is 2.12 bits per heavy atom. The lowest BCUT2D eigenvalue weighted by Crippen LogP contribution is -2.32. The Bertz CT molecular complexity index is 897. The van der Waals surface area contributed by atoms with Crippen molar-refractivity contribution in [2.45, 2.75) is 32.7 Å². The van der Waals surface area contributed by atoms with Crippen LogP contribution in [0.4, 0.5) is 0 Å². The summed E-state index contributed by atoms with van der Waals surface area (Å²) >= 11 is 0. The van der Waals surface area contributed by atoms with Gasteiger partial charge in [-0.25, -0.2) is 4.98 Å². The molecule has 0 unspecified atom stereocenters. The first kappa shape index (κ1) is 14.9. The number of carbonyl (C=O) groups is 1. The minimum Gasteiger partial charge on any atom is -0.340 e. The van der Waals surface area contributed by atoms with Crippen LogP contribution in [0.2, 0.25) is 0 Å². The highest BCUT2D eigenvalue weighted by atomic mass is 16.5. The van der Waals surface area contributed by atoms with E-state index in [1.54, 1.807) is 6.92 Å². The van der Waals surface area contributed by atoms with Crippen molar-refractivity contribution in [1.82, 2.24) is 24.6 Å². The van der Waals surface area contributed by atoms with Crippen LogP contribution < -0.4 is 0 Å². The number of benzene rings is 1. The van der Waals surface area contributed by atoms with E-state index in [0.29, 0.717) is 24.8 Å². The number of imidazole rings is 1. The molecule has 2 aromatic heterocycles. The molecule has 1 saturated heterocycles. The lowest BCUT2D eigenvalue weighted by molar-refractivity contribution is -0.130. The van der Waals surface area contributed by atoms with Gasteiger partial charge in [-0.15, -0.1) is 0 Å². The Balaban J connectivity index is 1.49. The molecule has 1 fully saturated rings. The summed E-state index contributed by atoms with van der Waals surface area (Å²) in [5, 5.41) is 3.84. The van der Waals surface area contributed by atoms with Crippen molar-refractivity contribution in [3.05, 3.63) is 41.8 Å². The SMILES string of the molecule is Cc1noc([C@H]2CCN(C(=O)Cn3c(C)nc4ccccc43)C2)n1. The summed E-state index contributed by atoms with van der Waals surface area (Å²) in [5.74, 6) is 2.35. The Morgan fingerprint density at radius 1 is 1.29 bits per heavy atom. The molecule has 0 spiro atoms. The lowest BCUT2D eigenvalue weighted by atomic mass is 10.1. The zero-order valence-electron chi connectivity index (χ0n) is 13.8. The molecule has 0 saturated carbocycles. The third kappa shape index (κ3) is 2.55. The van der Waals surface area contributed by atoms with Crippen molar-refractivity contribution in [1.29, 1.82) is 0 Å². The van der Waals surface area contributed by atoms with Gasteiger partial charge in [0.05, 0.1) is 17.0 Å². The van der Waals surface area contributed by atoms with Crippen molar-refractivity contribution in [3.8, 4) is 0 Å². The zero-order valence-corrected chi connectivity index (χ0v) is 13.8. The van der Waals surface area contributed by atoms with E-state index in [1.807, 2.05) is 40.7 Å². The van der Waals surface area contributed by atoms with E-state index in [1.165, 1.54) is 0 Å². The second kappa shape index (κ2) is 5.74. The maximum Gasteiger partial charge on any atom is 0.242 e. The van der Waals surface area contributed by atoms with Crippen LogP contribution in [-0.4, -0.2) is 43.6 Å². The fourth-order valence-electron chi connectivity index (χ4n) is 3.30. The molecule has 24 heavy (non-hydrogen) atoms. The van der Waals surface area contributed by atoms with Gasteiger partial charge in [-0.1, -0.05) is 17.3 Å². The van der Waals surface area contributed by atoms with Gasteiger partial charge in [0, 0.05) is 13.1 Å². The molecule has 0 radical (unpaired) electrons. The predicted octanol–water partition coefficient (Wildman–Crippen LogP) is 2.05. The maximum absolute atomic E-state index is 12.7. The average molecular weight is 325 g/mol. The van der Waals surface area contributed by atoms with Gasteiger partial charge in [-0.05, 0) is 32.4 Å². The minimum atomic E-state index is 0.0972. The molecule has 1 aromatic carbocycles. The summed E-state index contributed by atoms with van der Waals surface area (Å²) in [6.07, 6.45) is 0.858. The van der Waals surface area contributed by atoms with Gasteiger partial charge >= 0.3 is 0 Å². The zero-order chi connectivity index (χ0) is 16.7. The van der Waals surface area contributed by atoms with Crippen LogP contribution in [0.15, 0.2) is 28.8 Å². The van der Waals surface area contributed by atoms with Crippen LogP contribution in [0, 0.1) is 13.8 Å². The normalized spacial score (nSPS) is 17.8. The lowest BCUT2D eigenvalue weighted by Gasteiger charge is -2.17. The monoisotopic (exact) mass is 325 g/mol. The van der Waals surface area contributed by atoms with Gasteiger partial charge in [0.1, 0.15) is 12.4 Å². The van der Waals surface area contributed by atoms with Gasteiger partial charge in [-0.3, -0.25) is 4.79 Å². The van der Waals surface area contributed by atoms with Crippen LogP contribution in [0.1, 0.15) is 29.9 Å². The molecule has 7 nitrogen and oxygen atoms in total. The number of likely N-dealkylation sites (tertiary alicyclic amines) is 1. The molecule has 3 aromatic rings. The summed E-state index contributed by atoms with van der Waals surface area (Å²) in [7, 11) is 0. The number of fused-ring (bicyclic) bond motifs is 1. The molecular formula is C17H19N5O2. The summed E-state index contributed by atoms with van der Waals surface area (Å²) in [6.45, 7) is 5.39. The largest absolute Gasteiger partial charge is 0.340 e. The van der Waals surface area contributed by atoms with E-state index in [0.717, 1.165) is 29.8 Å². The smallest absolute Gasteiger partial charge is 0.242 e. The van der Waals surface area contributed by atoms with E-state index in [4.69, 9.17) is 4.52 Å². The van der Waals surface area contributed by atoms with E-state index in [-0.39, 0.29) is 11.8 Å². The van der Waals surface area contributed by atoms with Crippen LogP contribution in [-0.2, 0) is 11.3 Å². The van der Waals surface area contributed by atoms with Gasteiger partial charge in [0.25, 0.3) is 0 Å². The molecule has 1 amide bonds. The molecule has 1 aliphatic heterocycles. The number of rotatable bonds is 3. The van der Waals surface area contributed by atoms with Crippen molar-refractivity contribution in [2.24, 2.45) is 0 Å². The van der Waals surface area contributed by atoms with E-state index >= 15 is 0 Å². The fraction of sp³-hybridized carbons (Fsp3) is 0.412. The number of carbonyl (C=O) groups excluding carboxylic acids is 1. The highest BCUT2D eigenvalue weighted by Crippen LogP contribution is 2.26. The number of aryl methyl sites for hydroxylation is 2. The average Bonchev–Trinajstić information content (AvgIpc) is 3.27. The molecule has 0 aliphatic carbocycles. The highest BCUT2D eigenvalue weighted by Gasteiger charge is 2.31. The summed E-state index contributed by atoms with van der Waals surface area (Å²) in [5.41, 5.74) is 1.91. The third-order valence-electron chi connectivity index (χ3n) is 4.57. The second-order valence-electron chi connectivity index (χ2n) is 6.24. The van der Waals surface area contributed by atoms with E-state index in [2.05, 4.69) is 15.1 Å².